The van der Waals surface area contributed by atoms with Crippen molar-refractivity contribution in [3.8, 4) is 0 Å². The highest BCUT2D eigenvalue weighted by molar-refractivity contribution is 5.93. The standard InChI is InChI=1S/C14H15F3N2O4/c15-14(16,17)9-18-7-5-10(6-8-18)23-13(20)11-3-1-2-4-12(11)19(21)22/h1-4,10H,5-9H2. The van der Waals surface area contributed by atoms with Crippen LogP contribution in [-0.4, -0.2) is 47.7 Å². The van der Waals surface area contributed by atoms with Gasteiger partial charge in [-0.2, -0.15) is 13.2 Å². The maximum atomic E-state index is 12.3. The average molecular weight is 332 g/mol. The summed E-state index contributed by atoms with van der Waals surface area (Å²) < 4.78 is 42.1. The maximum Gasteiger partial charge on any atom is 0.401 e. The first-order valence-corrected chi connectivity index (χ1v) is 7.00. The number of esters is 1. The van der Waals surface area contributed by atoms with Crippen LogP contribution >= 0.6 is 0 Å². The third-order valence-corrected chi connectivity index (χ3v) is 3.53. The molecule has 1 aromatic carbocycles. The maximum absolute atomic E-state index is 12.3. The Hall–Kier alpha value is -2.16. The number of benzene rings is 1. The lowest BCUT2D eigenvalue weighted by Crippen LogP contribution is -2.42. The fraction of sp³-hybridized carbons (Fsp3) is 0.500. The van der Waals surface area contributed by atoms with Gasteiger partial charge in [0.1, 0.15) is 11.7 Å². The fourth-order valence-electron chi connectivity index (χ4n) is 2.46. The van der Waals surface area contributed by atoms with E-state index in [-0.39, 0.29) is 37.2 Å². The highest BCUT2D eigenvalue weighted by Crippen LogP contribution is 2.23. The number of hydrogen-bond acceptors (Lipinski definition) is 5. The molecule has 6 nitrogen and oxygen atoms in total. The Labute approximate surface area is 130 Å². The summed E-state index contributed by atoms with van der Waals surface area (Å²) in [6.07, 6.45) is -4.26. The number of nitro benzene ring substituents is 1. The number of nitro groups is 1. The predicted molar refractivity (Wildman–Crippen MR) is 74.0 cm³/mol. The first kappa shape index (κ1) is 17.2. The largest absolute Gasteiger partial charge is 0.458 e. The molecule has 0 radical (unpaired) electrons. The molecule has 0 unspecified atom stereocenters. The molecule has 1 aliphatic heterocycles. The van der Waals surface area contributed by atoms with Crippen LogP contribution in [0.25, 0.3) is 0 Å². The van der Waals surface area contributed by atoms with Crippen molar-refractivity contribution in [3.63, 3.8) is 0 Å². The second-order valence-electron chi connectivity index (χ2n) is 5.27. The number of carbonyl (C=O) groups is 1. The van der Waals surface area contributed by atoms with Crippen LogP contribution in [0.1, 0.15) is 23.2 Å². The van der Waals surface area contributed by atoms with Crippen molar-refractivity contribution in [2.75, 3.05) is 19.6 Å². The number of rotatable bonds is 4. The molecule has 0 aromatic heterocycles. The normalized spacial score (nSPS) is 17.0. The van der Waals surface area contributed by atoms with E-state index >= 15 is 0 Å². The minimum absolute atomic E-state index is 0.157. The minimum Gasteiger partial charge on any atom is -0.458 e. The van der Waals surface area contributed by atoms with Crippen molar-refractivity contribution in [2.24, 2.45) is 0 Å². The summed E-state index contributed by atoms with van der Waals surface area (Å²) in [5.74, 6) is -0.827. The molecular formula is C14H15F3N2O4. The van der Waals surface area contributed by atoms with E-state index < -0.39 is 29.7 Å². The molecule has 126 valence electrons. The van der Waals surface area contributed by atoms with Gasteiger partial charge in [0, 0.05) is 19.2 Å². The lowest BCUT2D eigenvalue weighted by molar-refractivity contribution is -0.385. The summed E-state index contributed by atoms with van der Waals surface area (Å²) in [7, 11) is 0. The van der Waals surface area contributed by atoms with Gasteiger partial charge in [0.25, 0.3) is 5.69 Å². The molecule has 0 amide bonds. The summed E-state index contributed by atoms with van der Waals surface area (Å²) in [5.41, 5.74) is -0.512. The van der Waals surface area contributed by atoms with Crippen LogP contribution < -0.4 is 0 Å². The molecule has 1 heterocycles. The highest BCUT2D eigenvalue weighted by Gasteiger charge is 2.33. The van der Waals surface area contributed by atoms with E-state index in [2.05, 4.69) is 0 Å². The zero-order valence-electron chi connectivity index (χ0n) is 12.1. The lowest BCUT2D eigenvalue weighted by Gasteiger charge is -2.31. The van der Waals surface area contributed by atoms with E-state index in [1.165, 1.54) is 29.2 Å². The van der Waals surface area contributed by atoms with Gasteiger partial charge in [0.2, 0.25) is 0 Å². The Morgan fingerprint density at radius 2 is 1.91 bits per heavy atom. The van der Waals surface area contributed by atoms with Crippen LogP contribution in [0.2, 0.25) is 0 Å². The fourth-order valence-corrected chi connectivity index (χ4v) is 2.46. The summed E-state index contributed by atoms with van der Waals surface area (Å²) in [6, 6.07) is 5.40. The lowest BCUT2D eigenvalue weighted by atomic mass is 10.1. The van der Waals surface area contributed by atoms with Gasteiger partial charge in [-0.3, -0.25) is 15.0 Å². The molecule has 1 aromatic rings. The van der Waals surface area contributed by atoms with Crippen molar-refractivity contribution >= 4 is 11.7 Å². The number of halogens is 3. The molecule has 0 saturated carbocycles. The molecular weight excluding hydrogens is 317 g/mol. The zero-order valence-corrected chi connectivity index (χ0v) is 12.1. The predicted octanol–water partition coefficient (Wildman–Crippen LogP) is 2.78. The first-order chi connectivity index (χ1) is 10.8. The summed E-state index contributed by atoms with van der Waals surface area (Å²) >= 11 is 0. The topological polar surface area (TPSA) is 72.7 Å². The van der Waals surface area contributed by atoms with Crippen LogP contribution in [0.3, 0.4) is 0 Å². The average Bonchev–Trinajstić information content (AvgIpc) is 2.47. The number of para-hydroxylation sites is 1. The van der Waals surface area contributed by atoms with E-state index in [0.717, 1.165) is 0 Å². The molecule has 1 aliphatic rings. The Bertz CT molecular complexity index is 584. The number of nitrogens with zero attached hydrogens (tertiary/aromatic N) is 2. The van der Waals surface area contributed by atoms with Gasteiger partial charge < -0.3 is 4.74 Å². The van der Waals surface area contributed by atoms with Gasteiger partial charge >= 0.3 is 12.1 Å². The molecule has 0 spiro atoms. The molecule has 9 heteroatoms. The van der Waals surface area contributed by atoms with Crippen molar-refractivity contribution in [3.05, 3.63) is 39.9 Å². The van der Waals surface area contributed by atoms with E-state index in [4.69, 9.17) is 4.74 Å². The Morgan fingerprint density at radius 1 is 1.30 bits per heavy atom. The third kappa shape index (κ3) is 4.92. The van der Waals surface area contributed by atoms with Crippen molar-refractivity contribution in [1.29, 1.82) is 0 Å². The number of hydrogen-bond donors (Lipinski definition) is 0. The molecule has 1 fully saturated rings. The van der Waals surface area contributed by atoms with E-state index in [0.29, 0.717) is 0 Å². The second kappa shape index (κ2) is 6.95. The molecule has 2 rings (SSSR count). The van der Waals surface area contributed by atoms with Gasteiger partial charge in [-0.1, -0.05) is 12.1 Å². The zero-order chi connectivity index (χ0) is 17.0. The van der Waals surface area contributed by atoms with E-state index in [9.17, 15) is 28.1 Å². The number of alkyl halides is 3. The highest BCUT2D eigenvalue weighted by atomic mass is 19.4. The molecule has 0 aliphatic carbocycles. The van der Waals surface area contributed by atoms with Crippen molar-refractivity contribution < 1.29 is 27.6 Å². The Kier molecular flexibility index (Phi) is 5.19. The summed E-state index contributed by atoms with van der Waals surface area (Å²) in [5, 5.41) is 10.9. The van der Waals surface area contributed by atoms with Gasteiger partial charge in [0.15, 0.2) is 0 Å². The van der Waals surface area contributed by atoms with Crippen molar-refractivity contribution in [2.45, 2.75) is 25.1 Å². The molecule has 23 heavy (non-hydrogen) atoms. The SMILES string of the molecule is O=C(OC1CCN(CC(F)(F)F)CC1)c1ccccc1[N+](=O)[O-]. The molecule has 0 N–H and O–H groups in total. The van der Waals surface area contributed by atoms with Crippen LogP contribution in [-0.2, 0) is 4.74 Å². The summed E-state index contributed by atoms with van der Waals surface area (Å²) in [6.45, 7) is -0.666. The van der Waals surface area contributed by atoms with Crippen LogP contribution in [0.5, 0.6) is 0 Å². The number of ether oxygens (including phenoxy) is 1. The molecule has 0 atom stereocenters. The van der Waals surface area contributed by atoms with Gasteiger partial charge in [-0.15, -0.1) is 0 Å². The van der Waals surface area contributed by atoms with Crippen LogP contribution in [0, 0.1) is 10.1 Å². The van der Waals surface area contributed by atoms with Crippen LogP contribution in [0.15, 0.2) is 24.3 Å². The monoisotopic (exact) mass is 332 g/mol. The molecule has 1 saturated heterocycles. The number of likely N-dealkylation sites (tertiary alicyclic amines) is 1. The van der Waals surface area contributed by atoms with Gasteiger partial charge in [-0.05, 0) is 18.9 Å². The van der Waals surface area contributed by atoms with Gasteiger partial charge in [-0.25, -0.2) is 4.79 Å². The van der Waals surface area contributed by atoms with Crippen LogP contribution in [0.4, 0.5) is 18.9 Å². The quantitative estimate of drug-likeness (QED) is 0.482. The second-order valence-corrected chi connectivity index (χ2v) is 5.27. The Balaban J connectivity index is 1.92. The first-order valence-electron chi connectivity index (χ1n) is 7.00. The van der Waals surface area contributed by atoms with E-state index in [1.54, 1.807) is 0 Å². The van der Waals surface area contributed by atoms with E-state index in [1.807, 2.05) is 0 Å². The smallest absolute Gasteiger partial charge is 0.401 e. The van der Waals surface area contributed by atoms with Gasteiger partial charge in [0.05, 0.1) is 11.5 Å². The van der Waals surface area contributed by atoms with Crippen molar-refractivity contribution in [1.82, 2.24) is 4.90 Å². The third-order valence-electron chi connectivity index (χ3n) is 3.53. The molecule has 0 bridgehead atoms. The number of piperidine rings is 1. The minimum atomic E-state index is -4.26. The summed E-state index contributed by atoms with van der Waals surface area (Å²) in [4.78, 5) is 23.5. The number of carbonyl (C=O) groups excluding carboxylic acids is 1. The Morgan fingerprint density at radius 3 is 2.48 bits per heavy atom.